The molecule has 36 heavy (non-hydrogen) atoms. The Kier molecular flexibility index (Phi) is 6.85. The van der Waals surface area contributed by atoms with Gasteiger partial charge in [-0.25, -0.2) is 4.39 Å². The number of carbonyl (C=O) groups excluding carboxylic acids is 1. The van der Waals surface area contributed by atoms with E-state index in [1.807, 2.05) is 0 Å². The van der Waals surface area contributed by atoms with Crippen molar-refractivity contribution >= 4 is 5.91 Å². The van der Waals surface area contributed by atoms with Crippen LogP contribution in [0.4, 0.5) is 30.7 Å². The largest absolute Gasteiger partial charge is 0.416 e. The van der Waals surface area contributed by atoms with Gasteiger partial charge in [-0.05, 0) is 67.1 Å². The number of hydrogen-bond donors (Lipinski definition) is 2. The molecule has 2 aromatic carbocycles. The molecule has 2 aliphatic rings. The van der Waals surface area contributed by atoms with Crippen molar-refractivity contribution in [3.8, 4) is 0 Å². The van der Waals surface area contributed by atoms with Crippen molar-refractivity contribution in [3.63, 3.8) is 0 Å². The van der Waals surface area contributed by atoms with E-state index in [1.165, 1.54) is 24.3 Å². The molecule has 0 spiro atoms. The molecule has 1 heterocycles. The van der Waals surface area contributed by atoms with Crippen LogP contribution in [-0.4, -0.2) is 28.8 Å². The van der Waals surface area contributed by atoms with Crippen LogP contribution in [0.5, 0.6) is 0 Å². The van der Waals surface area contributed by atoms with Crippen molar-refractivity contribution in [3.05, 3.63) is 70.5 Å². The first-order chi connectivity index (χ1) is 16.7. The molecule has 0 radical (unpaired) electrons. The molecule has 1 aliphatic carbocycles. The third-order valence-corrected chi connectivity index (χ3v) is 7.11. The highest BCUT2D eigenvalue weighted by molar-refractivity contribution is 5.84. The maximum atomic E-state index is 13.6. The highest BCUT2D eigenvalue weighted by Crippen LogP contribution is 2.49. The maximum absolute atomic E-state index is 13.6. The molecular formula is C25H24F7NO3. The lowest BCUT2D eigenvalue weighted by Gasteiger charge is -2.37. The van der Waals surface area contributed by atoms with E-state index in [9.17, 15) is 40.6 Å². The van der Waals surface area contributed by atoms with Crippen LogP contribution < -0.4 is 5.32 Å². The van der Waals surface area contributed by atoms with Gasteiger partial charge in [0.1, 0.15) is 11.9 Å². The lowest BCUT2D eigenvalue weighted by molar-refractivity contribution is -0.143. The Hall–Kier alpha value is -2.66. The Morgan fingerprint density at radius 1 is 1.00 bits per heavy atom. The van der Waals surface area contributed by atoms with E-state index in [1.54, 1.807) is 6.92 Å². The molecule has 0 aromatic heterocycles. The Morgan fingerprint density at radius 2 is 1.58 bits per heavy atom. The Labute approximate surface area is 202 Å². The van der Waals surface area contributed by atoms with E-state index < -0.39 is 65.5 Å². The van der Waals surface area contributed by atoms with E-state index in [2.05, 4.69) is 5.32 Å². The Balaban J connectivity index is 1.63. The average Bonchev–Trinajstić information content (AvgIpc) is 3.32. The predicted octanol–water partition coefficient (Wildman–Crippen LogP) is 5.58. The molecule has 1 saturated carbocycles. The van der Waals surface area contributed by atoms with Gasteiger partial charge in [0.05, 0.1) is 23.8 Å². The minimum absolute atomic E-state index is 0.0609. The standard InChI is InChI=1S/C25H24F7NO3/c1-23(11-19(34)22(35)33-23)18-6-7-20(21(18)14-2-4-17(26)5-3-14)36-12-13-8-15(24(27,28)29)10-16(9-13)25(30,31)32/h2-5,8-10,18-21,34H,6-7,11-12H2,1H3,(H,33,35)/t18-,19-,20+,21+,23+/m1/s1. The van der Waals surface area contributed by atoms with Crippen molar-refractivity contribution < 1.29 is 45.4 Å². The fourth-order valence-corrected chi connectivity index (χ4v) is 5.46. The SMILES string of the molecule is C[C@@]1([C@@H]2CC[C@H](OCc3cc(C(F)(F)F)cc(C(F)(F)F)c3)[C@H]2c2ccc(F)cc2)C[C@@H](O)C(=O)N1. The van der Waals surface area contributed by atoms with Gasteiger partial charge >= 0.3 is 12.4 Å². The van der Waals surface area contributed by atoms with Gasteiger partial charge in [0, 0.05) is 17.9 Å². The summed E-state index contributed by atoms with van der Waals surface area (Å²) < 4.78 is 98.9. The summed E-state index contributed by atoms with van der Waals surface area (Å²) in [4.78, 5) is 12.0. The van der Waals surface area contributed by atoms with Gasteiger partial charge in [-0.1, -0.05) is 12.1 Å². The fraction of sp³-hybridized carbons (Fsp3) is 0.480. The number of benzene rings is 2. The number of halogens is 7. The van der Waals surface area contributed by atoms with Crippen LogP contribution >= 0.6 is 0 Å². The Morgan fingerprint density at radius 3 is 2.08 bits per heavy atom. The molecule has 196 valence electrons. The lowest BCUT2D eigenvalue weighted by atomic mass is 9.74. The summed E-state index contributed by atoms with van der Waals surface area (Å²) in [5.74, 6) is -1.73. The van der Waals surface area contributed by atoms with Gasteiger partial charge in [-0.3, -0.25) is 4.79 Å². The highest BCUT2D eigenvalue weighted by atomic mass is 19.4. The van der Waals surface area contributed by atoms with Gasteiger partial charge in [-0.15, -0.1) is 0 Å². The zero-order chi connectivity index (χ0) is 26.5. The molecule has 5 atom stereocenters. The van der Waals surface area contributed by atoms with E-state index >= 15 is 0 Å². The van der Waals surface area contributed by atoms with E-state index in [-0.39, 0.29) is 24.0 Å². The molecule has 2 N–H and O–H groups in total. The average molecular weight is 519 g/mol. The quantitative estimate of drug-likeness (QED) is 0.507. The predicted molar refractivity (Wildman–Crippen MR) is 114 cm³/mol. The number of ether oxygens (including phenoxy) is 1. The van der Waals surface area contributed by atoms with Crippen molar-refractivity contribution in [1.29, 1.82) is 0 Å². The topological polar surface area (TPSA) is 58.6 Å². The van der Waals surface area contributed by atoms with Crippen LogP contribution in [-0.2, 0) is 28.5 Å². The van der Waals surface area contributed by atoms with Gasteiger partial charge < -0.3 is 15.2 Å². The number of amides is 1. The molecule has 0 bridgehead atoms. The van der Waals surface area contributed by atoms with Gasteiger partial charge in [0.15, 0.2) is 0 Å². The van der Waals surface area contributed by atoms with Gasteiger partial charge in [0.2, 0.25) is 5.91 Å². The number of carbonyl (C=O) groups is 1. The summed E-state index contributed by atoms with van der Waals surface area (Å²) in [5, 5.41) is 12.8. The second kappa shape index (κ2) is 9.33. The fourth-order valence-electron chi connectivity index (χ4n) is 5.46. The third-order valence-electron chi connectivity index (χ3n) is 7.11. The molecule has 1 aliphatic heterocycles. The number of hydrogen-bond acceptors (Lipinski definition) is 3. The van der Waals surface area contributed by atoms with Crippen molar-refractivity contribution in [2.45, 2.75) is 68.8 Å². The molecule has 4 nitrogen and oxygen atoms in total. The maximum Gasteiger partial charge on any atom is 0.416 e. The molecule has 1 saturated heterocycles. The molecule has 2 fully saturated rings. The first-order valence-electron chi connectivity index (χ1n) is 11.3. The summed E-state index contributed by atoms with van der Waals surface area (Å²) in [6.07, 6.45) is -10.7. The second-order valence-corrected chi connectivity index (χ2v) is 9.65. The van der Waals surface area contributed by atoms with E-state index in [4.69, 9.17) is 4.74 Å². The number of rotatable bonds is 5. The zero-order valence-electron chi connectivity index (χ0n) is 19.1. The van der Waals surface area contributed by atoms with Gasteiger partial charge in [-0.2, -0.15) is 26.3 Å². The number of aliphatic hydroxyl groups excluding tert-OH is 1. The molecule has 2 aromatic rings. The number of aliphatic hydroxyl groups is 1. The van der Waals surface area contributed by atoms with E-state index in [0.29, 0.717) is 30.5 Å². The number of alkyl halides is 6. The second-order valence-electron chi connectivity index (χ2n) is 9.65. The Bertz CT molecular complexity index is 1080. The first kappa shape index (κ1) is 26.4. The summed E-state index contributed by atoms with van der Waals surface area (Å²) in [7, 11) is 0. The van der Waals surface area contributed by atoms with Crippen LogP contribution in [0.25, 0.3) is 0 Å². The van der Waals surface area contributed by atoms with Gasteiger partial charge in [0.25, 0.3) is 0 Å². The molecule has 1 amide bonds. The summed E-state index contributed by atoms with van der Waals surface area (Å²) >= 11 is 0. The van der Waals surface area contributed by atoms with Crippen LogP contribution in [0.3, 0.4) is 0 Å². The minimum atomic E-state index is -4.97. The smallest absolute Gasteiger partial charge is 0.383 e. The minimum Gasteiger partial charge on any atom is -0.383 e. The molecule has 0 unspecified atom stereocenters. The molecule has 4 rings (SSSR count). The van der Waals surface area contributed by atoms with Crippen LogP contribution in [0.2, 0.25) is 0 Å². The van der Waals surface area contributed by atoms with Crippen LogP contribution in [0.15, 0.2) is 42.5 Å². The summed E-state index contributed by atoms with van der Waals surface area (Å²) in [5.41, 5.74) is -3.31. The van der Waals surface area contributed by atoms with Crippen molar-refractivity contribution in [1.82, 2.24) is 5.32 Å². The first-order valence-corrected chi connectivity index (χ1v) is 11.3. The van der Waals surface area contributed by atoms with Crippen LogP contribution in [0.1, 0.15) is 54.4 Å². The summed E-state index contributed by atoms with van der Waals surface area (Å²) in [6, 6.07) is 6.88. The normalized spacial score (nSPS) is 29.0. The number of nitrogens with one attached hydrogen (secondary N) is 1. The highest BCUT2D eigenvalue weighted by Gasteiger charge is 2.52. The molecular weight excluding hydrogens is 495 g/mol. The molecule has 11 heteroatoms. The monoisotopic (exact) mass is 519 g/mol. The van der Waals surface area contributed by atoms with Crippen molar-refractivity contribution in [2.75, 3.05) is 0 Å². The zero-order valence-corrected chi connectivity index (χ0v) is 19.1. The van der Waals surface area contributed by atoms with Crippen LogP contribution in [0, 0.1) is 11.7 Å². The van der Waals surface area contributed by atoms with E-state index in [0.717, 1.165) is 0 Å². The lowest BCUT2D eigenvalue weighted by Crippen LogP contribution is -2.47. The summed E-state index contributed by atoms with van der Waals surface area (Å²) in [6.45, 7) is 1.26. The third kappa shape index (κ3) is 5.36. The van der Waals surface area contributed by atoms with Crippen molar-refractivity contribution in [2.24, 2.45) is 5.92 Å².